The number of carbonyl (C=O) groups is 2. The topological polar surface area (TPSA) is 102 Å². The summed E-state index contributed by atoms with van der Waals surface area (Å²) in [4.78, 5) is 22.7. The number of hydrogen-bond donors (Lipinski definition) is 2. The van der Waals surface area contributed by atoms with Crippen molar-refractivity contribution in [3.05, 3.63) is 23.3 Å². The van der Waals surface area contributed by atoms with Gasteiger partial charge in [0.15, 0.2) is 0 Å². The van der Waals surface area contributed by atoms with E-state index in [1.807, 2.05) is 0 Å². The first-order valence-corrected chi connectivity index (χ1v) is 5.35. The Labute approximate surface area is 110 Å². The van der Waals surface area contributed by atoms with E-state index >= 15 is 0 Å². The lowest BCUT2D eigenvalue weighted by molar-refractivity contribution is -0.174. The molecule has 7 heteroatoms. The van der Waals surface area contributed by atoms with Gasteiger partial charge in [0.1, 0.15) is 16.7 Å². The lowest BCUT2D eigenvalue weighted by Gasteiger charge is -2.38. The molecule has 2 N–H and O–H groups in total. The predicted octanol–water partition coefficient (Wildman–Crippen LogP) is 0.416. The average Bonchev–Trinajstić information content (AvgIpc) is 2.38. The molecule has 0 amide bonds. The van der Waals surface area contributed by atoms with Crippen LogP contribution in [0, 0.1) is 0 Å². The van der Waals surface area contributed by atoms with E-state index in [9.17, 15) is 19.8 Å². The fraction of sp³-hybridized carbons (Fsp3) is 0.500. The summed E-state index contributed by atoms with van der Waals surface area (Å²) < 4.78 is 15.2. The summed E-state index contributed by atoms with van der Waals surface area (Å²) in [5.74, 6) is -4.66. The van der Waals surface area contributed by atoms with E-state index < -0.39 is 23.3 Å². The maximum absolute atomic E-state index is 11.4. The van der Waals surface area contributed by atoms with Gasteiger partial charge in [0, 0.05) is 21.3 Å². The SMILES string of the molecule is COC1(C)C=C(C(=O)O)C(OC)(OC)C(C(=O)O)=C1. The summed E-state index contributed by atoms with van der Waals surface area (Å²) in [7, 11) is 3.69. The smallest absolute Gasteiger partial charge is 0.337 e. The van der Waals surface area contributed by atoms with Crippen LogP contribution in [0.2, 0.25) is 0 Å². The molecular formula is C12H16O7. The Balaban J connectivity index is 3.58. The molecule has 0 aliphatic heterocycles. The van der Waals surface area contributed by atoms with Crippen molar-refractivity contribution in [3.8, 4) is 0 Å². The van der Waals surface area contributed by atoms with Gasteiger partial charge >= 0.3 is 11.9 Å². The third kappa shape index (κ3) is 2.40. The highest BCUT2D eigenvalue weighted by molar-refractivity contribution is 5.98. The number of rotatable bonds is 5. The van der Waals surface area contributed by atoms with Crippen molar-refractivity contribution in [1.82, 2.24) is 0 Å². The standard InChI is InChI=1S/C12H16O7/c1-11(17-2)5-7(9(13)14)12(18-3,19-4)8(6-11)10(15)16/h5-6H,1-4H3,(H,13,14)(H,15,16). The van der Waals surface area contributed by atoms with E-state index in [1.54, 1.807) is 0 Å². The monoisotopic (exact) mass is 272 g/mol. The van der Waals surface area contributed by atoms with Crippen molar-refractivity contribution in [1.29, 1.82) is 0 Å². The van der Waals surface area contributed by atoms with E-state index in [0.29, 0.717) is 0 Å². The van der Waals surface area contributed by atoms with Crippen molar-refractivity contribution in [2.24, 2.45) is 0 Å². The molecule has 1 aliphatic carbocycles. The molecule has 0 aromatic heterocycles. The van der Waals surface area contributed by atoms with Crippen LogP contribution in [0.1, 0.15) is 6.92 Å². The zero-order valence-electron chi connectivity index (χ0n) is 11.1. The van der Waals surface area contributed by atoms with Gasteiger partial charge in [-0.25, -0.2) is 9.59 Å². The Morgan fingerprint density at radius 1 is 0.947 bits per heavy atom. The third-order valence-electron chi connectivity index (χ3n) is 3.05. The van der Waals surface area contributed by atoms with Crippen LogP contribution in [0.15, 0.2) is 23.3 Å². The Bertz CT molecular complexity index is 423. The van der Waals surface area contributed by atoms with Crippen molar-refractivity contribution in [2.45, 2.75) is 18.3 Å². The first kappa shape index (κ1) is 15.4. The molecule has 0 radical (unpaired) electrons. The molecule has 0 fully saturated rings. The van der Waals surface area contributed by atoms with E-state index in [4.69, 9.17) is 14.2 Å². The molecule has 106 valence electrons. The summed E-state index contributed by atoms with van der Waals surface area (Å²) in [5, 5.41) is 18.5. The summed E-state index contributed by atoms with van der Waals surface area (Å²) >= 11 is 0. The zero-order chi connectivity index (χ0) is 14.8. The quantitative estimate of drug-likeness (QED) is 0.699. The largest absolute Gasteiger partial charge is 0.478 e. The summed E-state index contributed by atoms with van der Waals surface area (Å²) in [5.41, 5.74) is -1.86. The molecule has 0 aromatic carbocycles. The van der Waals surface area contributed by atoms with Crippen LogP contribution in [0.25, 0.3) is 0 Å². The number of carboxylic acid groups (broad SMARTS) is 2. The molecule has 1 aliphatic rings. The number of hydrogen-bond acceptors (Lipinski definition) is 5. The minimum atomic E-state index is -1.96. The second-order valence-electron chi connectivity index (χ2n) is 4.14. The molecule has 0 atom stereocenters. The number of methoxy groups -OCH3 is 3. The summed E-state index contributed by atoms with van der Waals surface area (Å²) in [6.07, 6.45) is 2.52. The van der Waals surface area contributed by atoms with Crippen LogP contribution in [0.3, 0.4) is 0 Å². The first-order chi connectivity index (χ1) is 8.76. The van der Waals surface area contributed by atoms with Crippen molar-refractivity contribution in [3.63, 3.8) is 0 Å². The highest BCUT2D eigenvalue weighted by Gasteiger charge is 2.50. The molecule has 0 aromatic rings. The first-order valence-electron chi connectivity index (χ1n) is 5.35. The zero-order valence-corrected chi connectivity index (χ0v) is 11.1. The van der Waals surface area contributed by atoms with Crippen LogP contribution in [0.5, 0.6) is 0 Å². The van der Waals surface area contributed by atoms with E-state index in [2.05, 4.69) is 0 Å². The molecule has 1 rings (SSSR count). The second-order valence-corrected chi connectivity index (χ2v) is 4.14. The Kier molecular flexibility index (Phi) is 4.14. The van der Waals surface area contributed by atoms with Gasteiger partial charge in [-0.3, -0.25) is 0 Å². The highest BCUT2D eigenvalue weighted by atomic mass is 16.7. The third-order valence-corrected chi connectivity index (χ3v) is 3.05. The highest BCUT2D eigenvalue weighted by Crippen LogP contribution is 2.39. The lowest BCUT2D eigenvalue weighted by Crippen LogP contribution is -2.48. The molecule has 19 heavy (non-hydrogen) atoms. The molecule has 0 spiro atoms. The van der Waals surface area contributed by atoms with Gasteiger partial charge in [0.05, 0.1) is 0 Å². The minimum Gasteiger partial charge on any atom is -0.478 e. The molecule has 0 saturated carbocycles. The van der Waals surface area contributed by atoms with Crippen LogP contribution >= 0.6 is 0 Å². The number of aliphatic carboxylic acids is 2. The van der Waals surface area contributed by atoms with Crippen LogP contribution in [0.4, 0.5) is 0 Å². The van der Waals surface area contributed by atoms with E-state index in [-0.39, 0.29) is 11.1 Å². The van der Waals surface area contributed by atoms with Crippen LogP contribution in [-0.4, -0.2) is 54.9 Å². The van der Waals surface area contributed by atoms with Crippen molar-refractivity contribution >= 4 is 11.9 Å². The van der Waals surface area contributed by atoms with E-state index in [1.165, 1.54) is 40.4 Å². The van der Waals surface area contributed by atoms with Gasteiger partial charge in [-0.05, 0) is 19.1 Å². The Morgan fingerprint density at radius 3 is 1.53 bits per heavy atom. The Hall–Kier alpha value is -1.70. The van der Waals surface area contributed by atoms with Gasteiger partial charge < -0.3 is 24.4 Å². The lowest BCUT2D eigenvalue weighted by atomic mass is 9.83. The number of carboxylic acids is 2. The molecule has 0 bridgehead atoms. The van der Waals surface area contributed by atoms with Gasteiger partial charge in [-0.1, -0.05) is 0 Å². The fourth-order valence-electron chi connectivity index (χ4n) is 2.00. The van der Waals surface area contributed by atoms with Crippen LogP contribution < -0.4 is 0 Å². The molecule has 0 unspecified atom stereocenters. The summed E-state index contributed by atoms with van der Waals surface area (Å²) in [6.45, 7) is 1.54. The average molecular weight is 272 g/mol. The summed E-state index contributed by atoms with van der Waals surface area (Å²) in [6, 6.07) is 0. The van der Waals surface area contributed by atoms with Gasteiger partial charge in [0.2, 0.25) is 5.79 Å². The van der Waals surface area contributed by atoms with Gasteiger partial charge in [0.25, 0.3) is 0 Å². The normalized spacial score (nSPS) is 20.4. The van der Waals surface area contributed by atoms with Crippen LogP contribution in [-0.2, 0) is 23.8 Å². The van der Waals surface area contributed by atoms with Crippen molar-refractivity contribution < 1.29 is 34.0 Å². The maximum Gasteiger partial charge on any atom is 0.337 e. The minimum absolute atomic E-state index is 0.346. The molecule has 0 saturated heterocycles. The van der Waals surface area contributed by atoms with Gasteiger partial charge in [-0.15, -0.1) is 0 Å². The Morgan fingerprint density at radius 2 is 1.32 bits per heavy atom. The number of ether oxygens (including phenoxy) is 3. The van der Waals surface area contributed by atoms with Gasteiger partial charge in [-0.2, -0.15) is 0 Å². The second kappa shape index (κ2) is 5.12. The maximum atomic E-state index is 11.4. The molecular weight excluding hydrogens is 256 g/mol. The molecule has 7 nitrogen and oxygen atoms in total. The van der Waals surface area contributed by atoms with E-state index in [0.717, 1.165) is 0 Å². The predicted molar refractivity (Wildman–Crippen MR) is 63.6 cm³/mol. The van der Waals surface area contributed by atoms with Crippen molar-refractivity contribution in [2.75, 3.05) is 21.3 Å². The molecule has 0 heterocycles. The fourth-order valence-corrected chi connectivity index (χ4v) is 2.00.